The van der Waals surface area contributed by atoms with Crippen LogP contribution in [-0.4, -0.2) is 23.9 Å². The molecule has 0 aliphatic carbocycles. The summed E-state index contributed by atoms with van der Waals surface area (Å²) >= 11 is 0. The van der Waals surface area contributed by atoms with Crippen LogP contribution in [0.5, 0.6) is 0 Å². The Hall–Kier alpha value is -1.86. The Morgan fingerprint density at radius 2 is 0.950 bits per heavy atom. The van der Waals surface area contributed by atoms with E-state index in [1.54, 1.807) is 0 Å². The second-order valence-electron chi connectivity index (χ2n) is 4.01. The second kappa shape index (κ2) is 5.64. The van der Waals surface area contributed by atoms with Gasteiger partial charge in [0.15, 0.2) is 0 Å². The molecule has 0 N–H and O–H groups in total. The van der Waals surface area contributed by atoms with Gasteiger partial charge in [-0.2, -0.15) is 26.3 Å². The van der Waals surface area contributed by atoms with Crippen molar-refractivity contribution in [1.29, 1.82) is 0 Å². The highest BCUT2D eigenvalue weighted by Crippen LogP contribution is 2.21. The highest BCUT2D eigenvalue weighted by molar-refractivity contribution is 5.87. The largest absolute Gasteiger partial charge is 0.450 e. The molecule has 20 heavy (non-hydrogen) atoms. The van der Waals surface area contributed by atoms with E-state index in [1.807, 2.05) is 0 Å². The summed E-state index contributed by atoms with van der Waals surface area (Å²) in [5, 5.41) is 0. The lowest BCUT2D eigenvalue weighted by Crippen LogP contribution is -2.25. The van der Waals surface area contributed by atoms with Crippen molar-refractivity contribution in [3.63, 3.8) is 0 Å². The molecular formula is C12H8F6O2. The maximum absolute atomic E-state index is 12.0. The molecule has 0 aliphatic heterocycles. The summed E-state index contributed by atoms with van der Waals surface area (Å²) in [6.07, 6.45) is -11.7. The molecule has 0 spiro atoms. The Bertz CT molecular complexity index is 451. The van der Waals surface area contributed by atoms with Gasteiger partial charge in [0, 0.05) is 12.8 Å². The minimum absolute atomic E-state index is 0.00975. The lowest BCUT2D eigenvalue weighted by Gasteiger charge is -2.07. The van der Waals surface area contributed by atoms with E-state index < -0.39 is 36.8 Å². The van der Waals surface area contributed by atoms with E-state index in [4.69, 9.17) is 0 Å². The molecule has 1 aromatic carbocycles. The molecule has 0 unspecified atom stereocenters. The average molecular weight is 298 g/mol. The second-order valence-corrected chi connectivity index (χ2v) is 4.01. The Balaban J connectivity index is 2.71. The summed E-state index contributed by atoms with van der Waals surface area (Å²) in [5.74, 6) is -3.90. The molecule has 0 bridgehead atoms. The molecule has 0 aliphatic rings. The van der Waals surface area contributed by atoms with E-state index in [2.05, 4.69) is 0 Å². The van der Waals surface area contributed by atoms with E-state index in [9.17, 15) is 35.9 Å². The minimum atomic E-state index is -4.95. The van der Waals surface area contributed by atoms with E-state index in [1.165, 1.54) is 0 Å². The zero-order valence-corrected chi connectivity index (χ0v) is 9.81. The van der Waals surface area contributed by atoms with Crippen molar-refractivity contribution >= 4 is 11.6 Å². The summed E-state index contributed by atoms with van der Waals surface area (Å²) < 4.78 is 72.0. The predicted molar refractivity (Wildman–Crippen MR) is 56.0 cm³/mol. The summed E-state index contributed by atoms with van der Waals surface area (Å²) in [4.78, 5) is 21.4. The maximum atomic E-state index is 12.0. The van der Waals surface area contributed by atoms with Crippen LogP contribution in [0.15, 0.2) is 24.3 Å². The van der Waals surface area contributed by atoms with Crippen LogP contribution >= 0.6 is 0 Å². The monoisotopic (exact) mass is 298 g/mol. The maximum Gasteiger partial charge on any atom is 0.450 e. The van der Waals surface area contributed by atoms with Crippen molar-refractivity contribution in [1.82, 2.24) is 0 Å². The van der Waals surface area contributed by atoms with Gasteiger partial charge < -0.3 is 0 Å². The van der Waals surface area contributed by atoms with Crippen LogP contribution in [-0.2, 0) is 22.4 Å². The van der Waals surface area contributed by atoms with Crippen molar-refractivity contribution in [2.24, 2.45) is 0 Å². The van der Waals surface area contributed by atoms with Gasteiger partial charge in [-0.3, -0.25) is 9.59 Å². The van der Waals surface area contributed by atoms with Gasteiger partial charge in [0.25, 0.3) is 0 Å². The van der Waals surface area contributed by atoms with Gasteiger partial charge >= 0.3 is 12.4 Å². The quantitative estimate of drug-likeness (QED) is 0.801. The number of ketones is 2. The smallest absolute Gasteiger partial charge is 0.289 e. The fourth-order valence-corrected chi connectivity index (χ4v) is 1.35. The molecule has 0 aromatic heterocycles. The number of Topliss-reactive ketones (excluding diaryl/α,β-unsaturated/α-hetero) is 2. The first kappa shape index (κ1) is 16.2. The van der Waals surface area contributed by atoms with Gasteiger partial charge in [0.2, 0.25) is 11.6 Å². The molecule has 8 heteroatoms. The van der Waals surface area contributed by atoms with Crippen LogP contribution < -0.4 is 0 Å². The van der Waals surface area contributed by atoms with Crippen molar-refractivity contribution in [2.75, 3.05) is 0 Å². The number of carbonyl (C=O) groups excluding carboxylic acids is 2. The number of benzene rings is 1. The van der Waals surface area contributed by atoms with Crippen LogP contribution in [0.25, 0.3) is 0 Å². The van der Waals surface area contributed by atoms with Gasteiger partial charge in [0.05, 0.1) is 0 Å². The molecule has 110 valence electrons. The average Bonchev–Trinajstić information content (AvgIpc) is 2.29. The molecule has 0 saturated heterocycles. The van der Waals surface area contributed by atoms with Gasteiger partial charge in [0.1, 0.15) is 0 Å². The topological polar surface area (TPSA) is 34.1 Å². The third-order valence-corrected chi connectivity index (χ3v) is 2.38. The molecule has 0 amide bonds. The van der Waals surface area contributed by atoms with E-state index in [0.29, 0.717) is 0 Å². The molecule has 1 rings (SSSR count). The molecule has 0 fully saturated rings. The zero-order chi connectivity index (χ0) is 15.6. The van der Waals surface area contributed by atoms with Crippen molar-refractivity contribution in [3.05, 3.63) is 35.4 Å². The number of hydrogen-bond donors (Lipinski definition) is 0. The van der Waals surface area contributed by atoms with Crippen LogP contribution in [0.4, 0.5) is 26.3 Å². The van der Waals surface area contributed by atoms with Crippen molar-refractivity contribution < 1.29 is 35.9 Å². The number of rotatable bonds is 4. The van der Waals surface area contributed by atoms with Crippen molar-refractivity contribution in [3.8, 4) is 0 Å². The summed E-state index contributed by atoms with van der Waals surface area (Å²) in [5.41, 5.74) is 0.0195. The van der Waals surface area contributed by atoms with Gasteiger partial charge in [-0.05, 0) is 11.1 Å². The Labute approximate surface area is 109 Å². The minimum Gasteiger partial charge on any atom is -0.289 e. The normalized spacial score (nSPS) is 12.3. The fourth-order valence-electron chi connectivity index (χ4n) is 1.35. The lowest BCUT2D eigenvalue weighted by molar-refractivity contribution is -0.170. The molecule has 0 saturated carbocycles. The zero-order valence-electron chi connectivity index (χ0n) is 9.81. The first-order valence-electron chi connectivity index (χ1n) is 5.28. The van der Waals surface area contributed by atoms with Crippen molar-refractivity contribution in [2.45, 2.75) is 25.2 Å². The van der Waals surface area contributed by atoms with E-state index >= 15 is 0 Å². The van der Waals surface area contributed by atoms with Gasteiger partial charge in [-0.15, -0.1) is 0 Å². The summed E-state index contributed by atoms with van der Waals surface area (Å²) in [6, 6.07) is 4.34. The third-order valence-electron chi connectivity index (χ3n) is 2.38. The molecule has 0 heterocycles. The van der Waals surface area contributed by atoms with Crippen LogP contribution in [0.2, 0.25) is 0 Å². The Morgan fingerprint density at radius 3 is 1.15 bits per heavy atom. The van der Waals surface area contributed by atoms with E-state index in [-0.39, 0.29) is 11.1 Å². The highest BCUT2D eigenvalue weighted by atomic mass is 19.4. The fraction of sp³-hybridized carbons (Fsp3) is 0.333. The van der Waals surface area contributed by atoms with Crippen LogP contribution in [0.1, 0.15) is 11.1 Å². The highest BCUT2D eigenvalue weighted by Gasteiger charge is 2.38. The number of hydrogen-bond acceptors (Lipinski definition) is 2. The van der Waals surface area contributed by atoms with Gasteiger partial charge in [-0.1, -0.05) is 24.3 Å². The molecule has 2 nitrogen and oxygen atoms in total. The lowest BCUT2D eigenvalue weighted by atomic mass is 10.0. The number of carbonyl (C=O) groups is 2. The standard InChI is InChI=1S/C12H8F6O2/c13-11(14,15)9(19)5-7-1-2-8(4-3-7)6-10(20)12(16,17)18/h1-4H,5-6H2. The first-order chi connectivity index (χ1) is 9.00. The SMILES string of the molecule is O=C(Cc1ccc(CC(=O)C(F)(F)F)cc1)C(F)(F)F. The molecule has 1 aromatic rings. The van der Waals surface area contributed by atoms with Crippen LogP contribution in [0, 0.1) is 0 Å². The molecule has 0 atom stereocenters. The molecular weight excluding hydrogens is 290 g/mol. The Morgan fingerprint density at radius 1 is 0.700 bits per heavy atom. The summed E-state index contributed by atoms with van der Waals surface area (Å²) in [6.45, 7) is 0. The first-order valence-corrected chi connectivity index (χ1v) is 5.28. The van der Waals surface area contributed by atoms with E-state index in [0.717, 1.165) is 24.3 Å². The Kier molecular flexibility index (Phi) is 4.57. The number of halogens is 6. The molecule has 0 radical (unpaired) electrons. The van der Waals surface area contributed by atoms with Gasteiger partial charge in [-0.25, -0.2) is 0 Å². The summed E-state index contributed by atoms with van der Waals surface area (Å²) in [7, 11) is 0. The third kappa shape index (κ3) is 4.67. The predicted octanol–water partition coefficient (Wildman–Crippen LogP) is 3.03. The van der Waals surface area contributed by atoms with Crippen LogP contribution in [0.3, 0.4) is 0 Å². The number of alkyl halides is 6.